The number of aromatic amines is 1. The molecule has 7 nitrogen and oxygen atoms in total. The minimum atomic E-state index is -0.878. The monoisotopic (exact) mass is 369 g/mol. The summed E-state index contributed by atoms with van der Waals surface area (Å²) in [5.41, 5.74) is 5.77. The number of benzene rings is 1. The molecule has 1 aromatic heterocycles. The van der Waals surface area contributed by atoms with Gasteiger partial charge in [-0.3, -0.25) is 15.2 Å². The minimum Gasteiger partial charge on any atom is -0.351 e. The van der Waals surface area contributed by atoms with E-state index >= 15 is 0 Å². The predicted molar refractivity (Wildman–Crippen MR) is 82.6 cm³/mol. The summed E-state index contributed by atoms with van der Waals surface area (Å²) in [6.45, 7) is 1.64. The van der Waals surface area contributed by atoms with Gasteiger partial charge in [-0.1, -0.05) is 45.9 Å². The van der Waals surface area contributed by atoms with Crippen molar-refractivity contribution in [2.45, 2.75) is 17.3 Å². The van der Waals surface area contributed by atoms with E-state index in [1.165, 1.54) is 0 Å². The molecule has 110 valence electrons. The van der Waals surface area contributed by atoms with Crippen molar-refractivity contribution in [1.82, 2.24) is 20.5 Å². The Kier molecular flexibility index (Phi) is 4.97. The highest BCUT2D eigenvalue weighted by Crippen LogP contribution is 2.27. The van der Waals surface area contributed by atoms with Gasteiger partial charge in [0.25, 0.3) is 0 Å². The molecular formula is C12H12BrN5O2S. The van der Waals surface area contributed by atoms with Gasteiger partial charge in [0.15, 0.2) is 5.82 Å². The Hall–Kier alpha value is -1.87. The fraction of sp³-hybridized carbons (Fsp3) is 0.167. The summed E-state index contributed by atoms with van der Waals surface area (Å²) >= 11 is 4.56. The second-order valence-electron chi connectivity index (χ2n) is 4.06. The molecule has 2 aromatic rings. The van der Waals surface area contributed by atoms with Gasteiger partial charge in [0.1, 0.15) is 0 Å². The van der Waals surface area contributed by atoms with Crippen LogP contribution in [0.3, 0.4) is 0 Å². The molecule has 0 saturated heterocycles. The van der Waals surface area contributed by atoms with Crippen molar-refractivity contribution in [3.63, 3.8) is 0 Å². The number of nitrogens with one attached hydrogen (secondary N) is 2. The maximum atomic E-state index is 11.6. The van der Waals surface area contributed by atoms with E-state index in [9.17, 15) is 9.59 Å². The predicted octanol–water partition coefficient (Wildman–Crippen LogP) is 1.91. The number of H-pyrrole nitrogens is 1. The Morgan fingerprint density at radius 2 is 2.14 bits per heavy atom. The lowest BCUT2D eigenvalue weighted by molar-refractivity contribution is -0.119. The number of imide groups is 1. The third kappa shape index (κ3) is 4.05. The Bertz CT molecular complexity index is 675. The van der Waals surface area contributed by atoms with Gasteiger partial charge >= 0.3 is 6.03 Å². The van der Waals surface area contributed by atoms with Crippen molar-refractivity contribution in [1.29, 1.82) is 0 Å². The van der Waals surface area contributed by atoms with Gasteiger partial charge in [0.05, 0.1) is 5.25 Å². The molecular weight excluding hydrogens is 358 g/mol. The average Bonchev–Trinajstić information content (AvgIpc) is 2.86. The van der Waals surface area contributed by atoms with E-state index in [2.05, 4.69) is 31.1 Å². The first-order valence-electron chi connectivity index (χ1n) is 5.91. The number of hydrogen-bond acceptors (Lipinski definition) is 5. The number of urea groups is 1. The summed E-state index contributed by atoms with van der Waals surface area (Å²) in [6, 6.07) is 6.70. The van der Waals surface area contributed by atoms with Gasteiger partial charge < -0.3 is 5.73 Å². The van der Waals surface area contributed by atoms with E-state index in [-0.39, 0.29) is 0 Å². The molecule has 0 spiro atoms. The highest BCUT2D eigenvalue weighted by molar-refractivity contribution is 9.10. The van der Waals surface area contributed by atoms with Crippen LogP contribution in [0.1, 0.15) is 6.92 Å². The number of thioether (sulfide) groups is 1. The topological polar surface area (TPSA) is 114 Å². The Morgan fingerprint density at radius 3 is 2.81 bits per heavy atom. The van der Waals surface area contributed by atoms with Crippen molar-refractivity contribution < 1.29 is 9.59 Å². The molecule has 0 radical (unpaired) electrons. The summed E-state index contributed by atoms with van der Waals surface area (Å²) in [5, 5.41) is 8.74. The number of rotatable bonds is 4. The van der Waals surface area contributed by atoms with E-state index in [4.69, 9.17) is 5.73 Å². The van der Waals surface area contributed by atoms with Crippen LogP contribution in [-0.2, 0) is 4.79 Å². The number of nitrogens with two attached hydrogens (primary N) is 1. The van der Waals surface area contributed by atoms with Crippen LogP contribution in [0.2, 0.25) is 0 Å². The number of hydrogen-bond donors (Lipinski definition) is 3. The number of nitrogens with zero attached hydrogens (tertiary/aromatic N) is 2. The average molecular weight is 370 g/mol. The molecule has 0 aliphatic carbocycles. The van der Waals surface area contributed by atoms with Gasteiger partial charge in [-0.25, -0.2) is 9.78 Å². The molecule has 0 saturated carbocycles. The summed E-state index contributed by atoms with van der Waals surface area (Å²) in [7, 11) is 0. The van der Waals surface area contributed by atoms with Gasteiger partial charge in [0, 0.05) is 10.0 Å². The number of carbonyl (C=O) groups is 2. The molecule has 1 heterocycles. The Morgan fingerprint density at radius 1 is 1.43 bits per heavy atom. The summed E-state index contributed by atoms with van der Waals surface area (Å²) in [6.07, 6.45) is 0. The van der Waals surface area contributed by atoms with Crippen LogP contribution >= 0.6 is 27.7 Å². The highest BCUT2D eigenvalue weighted by atomic mass is 79.9. The molecule has 1 atom stereocenters. The van der Waals surface area contributed by atoms with E-state index in [1.807, 2.05) is 29.6 Å². The van der Waals surface area contributed by atoms with Gasteiger partial charge in [-0.05, 0) is 13.0 Å². The van der Waals surface area contributed by atoms with Crippen molar-refractivity contribution in [3.8, 4) is 11.4 Å². The number of halogens is 1. The quantitative estimate of drug-likeness (QED) is 0.712. The number of aromatic nitrogens is 3. The second kappa shape index (κ2) is 6.72. The first kappa shape index (κ1) is 15.5. The van der Waals surface area contributed by atoms with Crippen LogP contribution < -0.4 is 11.1 Å². The molecule has 0 aliphatic heterocycles. The van der Waals surface area contributed by atoms with Crippen molar-refractivity contribution >= 4 is 39.6 Å². The normalized spacial score (nSPS) is 11.9. The fourth-order valence-electron chi connectivity index (χ4n) is 1.51. The first-order chi connectivity index (χ1) is 9.97. The standard InChI is InChI=1S/C12H12BrN5O2S/c1-6(10(19)16-11(14)20)21-12-15-9(17-18-12)7-4-2-3-5-8(7)13/h2-6H,1H3,(H,15,17,18)(H3,14,16,19,20)/t6-/m1/s1. The largest absolute Gasteiger partial charge is 0.351 e. The zero-order valence-electron chi connectivity index (χ0n) is 11.0. The number of primary amides is 1. The van der Waals surface area contributed by atoms with Crippen LogP contribution in [0, 0.1) is 0 Å². The third-order valence-electron chi connectivity index (χ3n) is 2.49. The molecule has 3 amide bonds. The molecule has 9 heteroatoms. The molecule has 1 aromatic carbocycles. The summed E-state index contributed by atoms with van der Waals surface area (Å²) in [4.78, 5) is 26.5. The second-order valence-corrected chi connectivity index (χ2v) is 6.22. The Balaban J connectivity index is 2.09. The lowest BCUT2D eigenvalue weighted by atomic mass is 10.2. The Labute approximate surface area is 133 Å². The van der Waals surface area contributed by atoms with E-state index in [1.54, 1.807) is 6.92 Å². The molecule has 0 fully saturated rings. The van der Waals surface area contributed by atoms with Gasteiger partial charge in [-0.2, -0.15) is 0 Å². The minimum absolute atomic E-state index is 0.410. The maximum absolute atomic E-state index is 11.6. The van der Waals surface area contributed by atoms with Gasteiger partial charge in [-0.15, -0.1) is 5.10 Å². The van der Waals surface area contributed by atoms with E-state index < -0.39 is 17.2 Å². The van der Waals surface area contributed by atoms with Crippen LogP contribution in [0.5, 0.6) is 0 Å². The van der Waals surface area contributed by atoms with Crippen LogP contribution in [0.4, 0.5) is 4.79 Å². The lowest BCUT2D eigenvalue weighted by Crippen LogP contribution is -2.39. The molecule has 0 bridgehead atoms. The van der Waals surface area contributed by atoms with E-state index in [0.29, 0.717) is 11.0 Å². The molecule has 0 unspecified atom stereocenters. The number of amides is 3. The fourth-order valence-corrected chi connectivity index (χ4v) is 2.70. The zero-order chi connectivity index (χ0) is 15.4. The molecule has 0 aliphatic rings. The van der Waals surface area contributed by atoms with Crippen molar-refractivity contribution in [2.24, 2.45) is 5.73 Å². The van der Waals surface area contributed by atoms with Crippen LogP contribution in [-0.4, -0.2) is 32.4 Å². The molecule has 21 heavy (non-hydrogen) atoms. The maximum Gasteiger partial charge on any atom is 0.318 e. The summed E-state index contributed by atoms with van der Waals surface area (Å²) in [5.74, 6) is 0.104. The van der Waals surface area contributed by atoms with Crippen LogP contribution in [0.15, 0.2) is 33.9 Å². The smallest absolute Gasteiger partial charge is 0.318 e. The van der Waals surface area contributed by atoms with Crippen molar-refractivity contribution in [2.75, 3.05) is 0 Å². The third-order valence-corrected chi connectivity index (χ3v) is 4.14. The summed E-state index contributed by atoms with van der Waals surface area (Å²) < 4.78 is 0.886. The van der Waals surface area contributed by atoms with Crippen LogP contribution in [0.25, 0.3) is 11.4 Å². The SMILES string of the molecule is C[C@@H](Sc1n[nH]c(-c2ccccc2Br)n1)C(=O)NC(N)=O. The van der Waals surface area contributed by atoms with Gasteiger partial charge in [0.2, 0.25) is 11.1 Å². The first-order valence-corrected chi connectivity index (χ1v) is 7.59. The zero-order valence-corrected chi connectivity index (χ0v) is 13.4. The highest BCUT2D eigenvalue weighted by Gasteiger charge is 2.18. The van der Waals surface area contributed by atoms with E-state index in [0.717, 1.165) is 21.8 Å². The molecule has 2 rings (SSSR count). The molecule has 4 N–H and O–H groups in total. The lowest BCUT2D eigenvalue weighted by Gasteiger charge is -2.06. The van der Waals surface area contributed by atoms with Crippen molar-refractivity contribution in [3.05, 3.63) is 28.7 Å². The number of carbonyl (C=O) groups excluding carboxylic acids is 2.